The molecule has 1 aromatic heterocycles. The number of methoxy groups -OCH3 is 1. The second kappa shape index (κ2) is 10.6. The van der Waals surface area contributed by atoms with E-state index in [1.54, 1.807) is 43.4 Å². The van der Waals surface area contributed by atoms with Crippen LogP contribution in [0.5, 0.6) is 0 Å². The minimum atomic E-state index is -0.513. The number of hydrogen-bond donors (Lipinski definition) is 0. The molecular weight excluding hydrogens is 398 g/mol. The Labute approximate surface area is 172 Å². The van der Waals surface area contributed by atoms with Crippen molar-refractivity contribution in [3.8, 4) is 0 Å². The molecule has 1 aromatic carbocycles. The first-order valence-electron chi connectivity index (χ1n) is 9.02. The first-order valence-corrected chi connectivity index (χ1v) is 9.90. The van der Waals surface area contributed by atoms with Gasteiger partial charge < -0.3 is 14.4 Å². The van der Waals surface area contributed by atoms with Gasteiger partial charge in [-0.1, -0.05) is 6.07 Å². The van der Waals surface area contributed by atoms with Gasteiger partial charge in [0, 0.05) is 42.8 Å². The molecule has 0 aliphatic carbocycles. The van der Waals surface area contributed by atoms with Crippen LogP contribution >= 0.6 is 11.3 Å². The fourth-order valence-electron chi connectivity index (χ4n) is 2.62. The van der Waals surface area contributed by atoms with E-state index in [9.17, 15) is 19.7 Å². The first-order chi connectivity index (χ1) is 13.9. The number of nitro benzene ring substituents is 1. The highest BCUT2D eigenvalue weighted by atomic mass is 32.1. The molecule has 0 spiro atoms. The van der Waals surface area contributed by atoms with Gasteiger partial charge in [0.15, 0.2) is 5.69 Å². The van der Waals surface area contributed by atoms with Gasteiger partial charge in [0.1, 0.15) is 5.01 Å². The van der Waals surface area contributed by atoms with Gasteiger partial charge in [-0.2, -0.15) is 0 Å². The van der Waals surface area contributed by atoms with Gasteiger partial charge in [0.25, 0.3) is 11.6 Å². The summed E-state index contributed by atoms with van der Waals surface area (Å²) in [6, 6.07) is 4.41. The molecule has 0 radical (unpaired) electrons. The lowest BCUT2D eigenvalue weighted by atomic mass is 10.1. The number of aromatic nitrogens is 1. The highest BCUT2D eigenvalue weighted by Gasteiger charge is 2.22. The van der Waals surface area contributed by atoms with E-state index >= 15 is 0 Å². The summed E-state index contributed by atoms with van der Waals surface area (Å²) in [6.07, 6.45) is 0.590. The Morgan fingerprint density at radius 2 is 2.10 bits per heavy atom. The molecule has 0 saturated heterocycles. The van der Waals surface area contributed by atoms with Crippen molar-refractivity contribution in [1.82, 2.24) is 9.88 Å². The minimum Gasteiger partial charge on any atom is -0.461 e. The molecule has 2 aromatic rings. The van der Waals surface area contributed by atoms with Gasteiger partial charge in [-0.15, -0.1) is 11.3 Å². The van der Waals surface area contributed by atoms with Crippen LogP contribution < -0.4 is 0 Å². The van der Waals surface area contributed by atoms with Gasteiger partial charge >= 0.3 is 5.97 Å². The minimum absolute atomic E-state index is 0.105. The number of benzene rings is 1. The number of esters is 1. The molecule has 2 rings (SSSR count). The predicted molar refractivity (Wildman–Crippen MR) is 107 cm³/mol. The summed E-state index contributed by atoms with van der Waals surface area (Å²) >= 11 is 1.25. The zero-order valence-electron chi connectivity index (χ0n) is 16.5. The maximum Gasteiger partial charge on any atom is 0.357 e. The van der Waals surface area contributed by atoms with Crippen LogP contribution in [0.3, 0.4) is 0 Å². The Morgan fingerprint density at radius 1 is 1.34 bits per heavy atom. The van der Waals surface area contributed by atoms with Gasteiger partial charge in [0.2, 0.25) is 0 Å². The van der Waals surface area contributed by atoms with E-state index in [4.69, 9.17) is 9.47 Å². The molecule has 0 N–H and O–H groups in total. The second-order valence-corrected chi connectivity index (χ2v) is 7.12. The molecule has 0 unspecified atom stereocenters. The Hall–Kier alpha value is -2.85. The Balaban J connectivity index is 2.23. The van der Waals surface area contributed by atoms with Gasteiger partial charge in [-0.05, 0) is 26.3 Å². The smallest absolute Gasteiger partial charge is 0.357 e. The number of carbonyl (C=O) groups is 2. The molecule has 9 nitrogen and oxygen atoms in total. The van der Waals surface area contributed by atoms with Crippen LogP contribution in [0.2, 0.25) is 0 Å². The summed E-state index contributed by atoms with van der Waals surface area (Å²) in [5.41, 5.74) is 0.798. The molecule has 29 heavy (non-hydrogen) atoms. The number of nitro groups is 1. The number of thiazole rings is 1. The summed E-state index contributed by atoms with van der Waals surface area (Å²) < 4.78 is 9.99. The van der Waals surface area contributed by atoms with Crippen molar-refractivity contribution in [2.45, 2.75) is 26.8 Å². The lowest BCUT2D eigenvalue weighted by Crippen LogP contribution is -2.32. The highest BCUT2D eigenvalue weighted by molar-refractivity contribution is 7.09. The summed E-state index contributed by atoms with van der Waals surface area (Å²) in [6.45, 7) is 4.59. The van der Waals surface area contributed by atoms with Crippen molar-refractivity contribution in [2.24, 2.45) is 0 Å². The van der Waals surface area contributed by atoms with Crippen LogP contribution in [0.4, 0.5) is 5.69 Å². The Morgan fingerprint density at radius 3 is 2.76 bits per heavy atom. The predicted octanol–water partition coefficient (Wildman–Crippen LogP) is 3.22. The van der Waals surface area contributed by atoms with Crippen molar-refractivity contribution in [2.75, 3.05) is 26.9 Å². The summed E-state index contributed by atoms with van der Waals surface area (Å²) in [5, 5.41) is 13.4. The van der Waals surface area contributed by atoms with Crippen molar-refractivity contribution in [1.29, 1.82) is 0 Å². The van der Waals surface area contributed by atoms with Crippen LogP contribution in [0, 0.1) is 17.0 Å². The van der Waals surface area contributed by atoms with Crippen molar-refractivity contribution in [3.63, 3.8) is 0 Å². The SMILES string of the molecule is CCOC(=O)c1csc(CN(CCCOC)C(=O)c2ccc(C)c([N+](=O)[O-])c2)n1. The molecule has 0 fully saturated rings. The molecule has 0 atom stereocenters. The fraction of sp³-hybridized carbons (Fsp3) is 0.421. The number of hydrogen-bond acceptors (Lipinski definition) is 8. The number of nitrogens with zero attached hydrogens (tertiary/aromatic N) is 3. The van der Waals surface area contributed by atoms with Crippen LogP contribution in [0.25, 0.3) is 0 Å². The summed E-state index contributed by atoms with van der Waals surface area (Å²) in [7, 11) is 1.57. The third kappa shape index (κ3) is 6.06. The molecule has 0 bridgehead atoms. The largest absolute Gasteiger partial charge is 0.461 e. The van der Waals surface area contributed by atoms with E-state index in [0.717, 1.165) is 0 Å². The third-order valence-electron chi connectivity index (χ3n) is 4.08. The quantitative estimate of drug-likeness (QED) is 0.251. The summed E-state index contributed by atoms with van der Waals surface area (Å²) in [5.74, 6) is -0.862. The number of carbonyl (C=O) groups excluding carboxylic acids is 2. The third-order valence-corrected chi connectivity index (χ3v) is 4.91. The molecule has 0 saturated carbocycles. The van der Waals surface area contributed by atoms with Gasteiger partial charge in [-0.3, -0.25) is 14.9 Å². The van der Waals surface area contributed by atoms with Crippen LogP contribution in [0.1, 0.15) is 44.8 Å². The number of ether oxygens (including phenoxy) is 2. The zero-order valence-corrected chi connectivity index (χ0v) is 17.4. The van der Waals surface area contributed by atoms with Crippen molar-refractivity contribution < 1.29 is 24.0 Å². The van der Waals surface area contributed by atoms with E-state index < -0.39 is 10.9 Å². The Kier molecular flexibility index (Phi) is 8.22. The molecule has 1 amide bonds. The molecule has 0 aliphatic rings. The second-order valence-electron chi connectivity index (χ2n) is 6.18. The van der Waals surface area contributed by atoms with E-state index in [1.807, 2.05) is 0 Å². The number of rotatable bonds is 10. The van der Waals surface area contributed by atoms with Crippen molar-refractivity contribution in [3.05, 3.63) is 55.5 Å². The maximum atomic E-state index is 13.0. The highest BCUT2D eigenvalue weighted by Crippen LogP contribution is 2.22. The maximum absolute atomic E-state index is 13.0. The van der Waals surface area contributed by atoms with Crippen LogP contribution in [-0.2, 0) is 16.0 Å². The Bertz CT molecular complexity index is 883. The number of aryl methyl sites for hydroxylation is 1. The fourth-order valence-corrected chi connectivity index (χ4v) is 3.40. The molecular formula is C19H23N3O6S. The average molecular weight is 421 g/mol. The molecule has 1 heterocycles. The van der Waals surface area contributed by atoms with E-state index in [0.29, 0.717) is 30.1 Å². The normalized spacial score (nSPS) is 10.6. The topological polar surface area (TPSA) is 112 Å². The zero-order chi connectivity index (χ0) is 21.4. The van der Waals surface area contributed by atoms with E-state index in [1.165, 1.54) is 17.4 Å². The van der Waals surface area contributed by atoms with Gasteiger partial charge in [-0.25, -0.2) is 9.78 Å². The van der Waals surface area contributed by atoms with E-state index in [-0.39, 0.29) is 36.0 Å². The van der Waals surface area contributed by atoms with Crippen LogP contribution in [-0.4, -0.2) is 53.6 Å². The molecule has 156 valence electrons. The monoisotopic (exact) mass is 421 g/mol. The lowest BCUT2D eigenvalue weighted by molar-refractivity contribution is -0.385. The average Bonchev–Trinajstić information content (AvgIpc) is 3.16. The van der Waals surface area contributed by atoms with Crippen LogP contribution in [0.15, 0.2) is 23.6 Å². The number of amides is 1. The van der Waals surface area contributed by atoms with Gasteiger partial charge in [0.05, 0.1) is 18.1 Å². The molecule has 10 heteroatoms. The standard InChI is InChI=1S/C19H23N3O6S/c1-4-28-19(24)15-12-29-17(20-15)11-21(8-5-9-27-3)18(23)14-7-6-13(2)16(10-14)22(25)26/h6-7,10,12H,4-5,8-9,11H2,1-3H3. The lowest BCUT2D eigenvalue weighted by Gasteiger charge is -2.21. The first kappa shape index (κ1) is 22.4. The summed E-state index contributed by atoms with van der Waals surface area (Å²) in [4.78, 5) is 41.3. The van der Waals surface area contributed by atoms with E-state index in [2.05, 4.69) is 4.98 Å². The molecule has 0 aliphatic heterocycles. The van der Waals surface area contributed by atoms with Crippen molar-refractivity contribution >= 4 is 28.9 Å².